The van der Waals surface area contributed by atoms with Crippen LogP contribution in [-0.4, -0.2) is 59.8 Å². The van der Waals surface area contributed by atoms with E-state index in [0.717, 1.165) is 122 Å². The molecule has 0 aliphatic heterocycles. The smallest absolute Gasteiger partial charge is 0.164 e. The van der Waals surface area contributed by atoms with Gasteiger partial charge < -0.3 is 0 Å². The topological polar surface area (TPSA) is 155 Å². The van der Waals surface area contributed by atoms with Crippen LogP contribution in [-0.2, 0) is 0 Å². The van der Waals surface area contributed by atoms with Crippen molar-refractivity contribution in [3.05, 3.63) is 486 Å². The van der Waals surface area contributed by atoms with Crippen LogP contribution in [0.15, 0.2) is 486 Å². The summed E-state index contributed by atoms with van der Waals surface area (Å²) in [4.78, 5) is 58.9. The van der Waals surface area contributed by atoms with Crippen molar-refractivity contribution in [1.82, 2.24) is 59.8 Å². The summed E-state index contributed by atoms with van der Waals surface area (Å²) < 4.78 is 0. The van der Waals surface area contributed by atoms with Crippen molar-refractivity contribution in [1.29, 1.82) is 0 Å². The van der Waals surface area contributed by atoms with Crippen molar-refractivity contribution < 1.29 is 0 Å². The quantitative estimate of drug-likeness (QED) is 0.0959. The molecule has 0 spiro atoms. The molecule has 0 fully saturated rings. The van der Waals surface area contributed by atoms with E-state index in [0.29, 0.717) is 52.4 Å². The summed E-state index contributed by atoms with van der Waals surface area (Å²) >= 11 is 0. The zero-order valence-corrected chi connectivity index (χ0v) is 76.6. The first-order chi connectivity index (χ1) is 70.4. The van der Waals surface area contributed by atoms with Crippen molar-refractivity contribution in [2.45, 2.75) is 0 Å². The lowest BCUT2D eigenvalue weighted by Gasteiger charge is -2.15. The lowest BCUT2D eigenvalue weighted by molar-refractivity contribution is 1.07. The molecule has 3 aliphatic carbocycles. The highest BCUT2D eigenvalue weighted by Crippen LogP contribution is 2.54. The molecule has 19 aromatic carbocycles. The number of benzene rings is 19. The molecule has 0 amide bonds. The van der Waals surface area contributed by atoms with E-state index in [4.69, 9.17) is 49.8 Å². The molecule has 0 unspecified atom stereocenters. The molecular weight excluding hydrogens is 1730 g/mol. The number of hydrogen-bond acceptors (Lipinski definition) is 12. The van der Waals surface area contributed by atoms with Crippen LogP contribution in [0.25, 0.3) is 279 Å². The Labute approximate surface area is 819 Å². The maximum absolute atomic E-state index is 5.12. The van der Waals surface area contributed by atoms with Gasteiger partial charge in [0.05, 0.1) is 5.69 Å². The van der Waals surface area contributed by atoms with Gasteiger partial charge in [-0.1, -0.05) is 376 Å². The monoisotopic (exact) mass is 1810 g/mol. The minimum Gasteiger partial charge on any atom is -0.265 e. The standard InChI is InChI=1S/C46H28N4.2C42H26N4/c1-3-12-29(13-4-1)44-48-45(30-14-5-2-6-15-30)50-46(49-44)34-25-32(24-33(26-34)42-28-47-27-31-16-7-8-17-35(31)42)36-22-23-41-38-19-10-9-18-37(38)40-21-11-20-39(36)43(40)41;1-3-12-27(13-4-1)40-44-41(28-14-5-2-6-15-28)46-42(45-40)31-25-29(24-30(26-31)38-20-9-10-23-43-38)32-21-22-37-34-17-8-7-16-33(34)36-19-11-18-35(32)39(36)37;1-3-10-28(11-4-1)40-44-41(29-12-5-2-6-13-29)46-42(45-40)32-25-30(27-20-22-43-23-21-27)24-31(26-32)33-18-19-38-35-15-8-7-14-34(35)37-17-9-16-36(33)39(37)38/h1-28H;2*1-26H. The lowest BCUT2D eigenvalue weighted by atomic mass is 9.90. The zero-order valence-electron chi connectivity index (χ0n) is 76.6. The Bertz CT molecular complexity index is 8650. The molecule has 0 saturated heterocycles. The minimum absolute atomic E-state index is 0.616. The minimum atomic E-state index is 0.616. The van der Waals surface area contributed by atoms with E-state index >= 15 is 0 Å². The molecule has 0 bridgehead atoms. The summed E-state index contributed by atoms with van der Waals surface area (Å²) in [5, 5.41) is 9.81. The van der Waals surface area contributed by atoms with Crippen LogP contribution in [0.5, 0.6) is 0 Å². The first-order valence-electron chi connectivity index (χ1n) is 47.6. The number of rotatable bonds is 15. The SMILES string of the molecule is c1ccc(-c2nc(-c3ccccc3)nc(-c3cc(-c4ccccn4)cc(-c4ccc5c6c(cccc46)-c4ccccc4-5)c3)n2)cc1.c1ccc(-c2nc(-c3ccccc3)nc(-c3cc(-c4ccncc4)cc(-c4ccc5c6c(cccc46)-c4ccccc4-5)c3)n2)cc1.c1ccc(-c2nc(-c3ccccc3)nc(-c3cc(-c4cncc5ccccc45)cc(-c4ccc5c6c(cccc46)-c4ccccc4-5)c3)n2)cc1. The van der Waals surface area contributed by atoms with Gasteiger partial charge in [-0.2, -0.15) is 0 Å². The van der Waals surface area contributed by atoms with Crippen molar-refractivity contribution in [2.24, 2.45) is 0 Å². The number of pyridine rings is 3. The van der Waals surface area contributed by atoms with Gasteiger partial charge in [0, 0.05) is 97.6 Å². The van der Waals surface area contributed by atoms with Crippen LogP contribution in [0.1, 0.15) is 0 Å². The maximum atomic E-state index is 5.12. The molecule has 142 heavy (non-hydrogen) atoms. The van der Waals surface area contributed by atoms with E-state index in [1.165, 1.54) is 105 Å². The summed E-state index contributed by atoms with van der Waals surface area (Å²) in [5.74, 6) is 5.69. The fraction of sp³-hybridized carbons (Fsp3) is 0. The summed E-state index contributed by atoms with van der Waals surface area (Å²) in [6.45, 7) is 0. The van der Waals surface area contributed by atoms with Crippen LogP contribution in [0.3, 0.4) is 0 Å². The maximum Gasteiger partial charge on any atom is 0.164 e. The third kappa shape index (κ3) is 15.3. The van der Waals surface area contributed by atoms with Gasteiger partial charge in [0.25, 0.3) is 0 Å². The molecule has 25 aromatic rings. The predicted molar refractivity (Wildman–Crippen MR) is 578 cm³/mol. The molecule has 12 heteroatoms. The largest absolute Gasteiger partial charge is 0.265 e. The Morgan fingerprint density at radius 1 is 0.127 bits per heavy atom. The average molecular weight is 1810 g/mol. The normalized spacial score (nSPS) is 11.5. The van der Waals surface area contributed by atoms with Gasteiger partial charge in [-0.15, -0.1) is 0 Å². The fourth-order valence-electron chi connectivity index (χ4n) is 20.6. The second-order valence-corrected chi connectivity index (χ2v) is 35.7. The summed E-state index contributed by atoms with van der Waals surface area (Å²) in [5.41, 5.74) is 36.7. The van der Waals surface area contributed by atoms with E-state index < -0.39 is 0 Å². The van der Waals surface area contributed by atoms with Crippen molar-refractivity contribution in [2.75, 3.05) is 0 Å². The van der Waals surface area contributed by atoms with Gasteiger partial charge in [0.15, 0.2) is 52.4 Å². The van der Waals surface area contributed by atoms with Crippen LogP contribution < -0.4 is 0 Å². The van der Waals surface area contributed by atoms with Gasteiger partial charge in [-0.3, -0.25) is 15.0 Å². The molecule has 6 aromatic heterocycles. The molecular formula is C130H80N12. The van der Waals surface area contributed by atoms with Gasteiger partial charge in [0.2, 0.25) is 0 Å². The molecule has 660 valence electrons. The van der Waals surface area contributed by atoms with Gasteiger partial charge in [0.1, 0.15) is 0 Å². The highest BCUT2D eigenvalue weighted by molar-refractivity contribution is 6.22. The predicted octanol–water partition coefficient (Wildman–Crippen LogP) is 32.4. The van der Waals surface area contributed by atoms with Crippen LogP contribution in [0.2, 0.25) is 0 Å². The summed E-state index contributed by atoms with van der Waals surface area (Å²) in [6, 6.07) is 159. The third-order valence-corrected chi connectivity index (χ3v) is 27.2. The van der Waals surface area contributed by atoms with Gasteiger partial charge in [-0.05, 0) is 233 Å². The van der Waals surface area contributed by atoms with E-state index in [1.807, 2.05) is 243 Å². The lowest BCUT2D eigenvalue weighted by Crippen LogP contribution is -2.00. The highest BCUT2D eigenvalue weighted by atomic mass is 15.1. The second-order valence-electron chi connectivity index (χ2n) is 35.7. The first kappa shape index (κ1) is 83.3. The zero-order chi connectivity index (χ0) is 93.9. The van der Waals surface area contributed by atoms with Crippen molar-refractivity contribution in [3.8, 4) is 236 Å². The highest BCUT2D eigenvalue weighted by Gasteiger charge is 2.29. The van der Waals surface area contributed by atoms with Crippen molar-refractivity contribution in [3.63, 3.8) is 0 Å². The Balaban J connectivity index is 0.000000109. The van der Waals surface area contributed by atoms with E-state index in [2.05, 4.69) is 253 Å². The number of aromatic nitrogens is 12. The molecule has 28 rings (SSSR count). The number of fused-ring (bicyclic) bond motifs is 10. The van der Waals surface area contributed by atoms with Crippen LogP contribution in [0, 0.1) is 0 Å². The summed E-state index contributed by atoms with van der Waals surface area (Å²) in [6.07, 6.45) is 9.40. The van der Waals surface area contributed by atoms with E-state index in [-0.39, 0.29) is 0 Å². The fourth-order valence-corrected chi connectivity index (χ4v) is 20.6. The van der Waals surface area contributed by atoms with Crippen LogP contribution >= 0.6 is 0 Å². The Morgan fingerprint density at radius 2 is 0.380 bits per heavy atom. The van der Waals surface area contributed by atoms with Gasteiger partial charge >= 0.3 is 0 Å². The molecule has 3 aliphatic rings. The Morgan fingerprint density at radius 3 is 0.725 bits per heavy atom. The molecule has 0 radical (unpaired) electrons. The molecule has 6 heterocycles. The van der Waals surface area contributed by atoms with Crippen molar-refractivity contribution >= 4 is 43.1 Å². The molecule has 0 atom stereocenters. The molecule has 12 nitrogen and oxygen atoms in total. The molecule has 0 N–H and O–H groups in total. The number of nitrogens with zero attached hydrogens (tertiary/aromatic N) is 12. The average Bonchev–Trinajstić information content (AvgIpc) is 1.57. The van der Waals surface area contributed by atoms with E-state index in [9.17, 15) is 0 Å². The Kier molecular flexibility index (Phi) is 21.0. The third-order valence-electron chi connectivity index (χ3n) is 27.2. The summed E-state index contributed by atoms with van der Waals surface area (Å²) in [7, 11) is 0. The number of hydrogen-bond donors (Lipinski definition) is 0. The van der Waals surface area contributed by atoms with Crippen LogP contribution in [0.4, 0.5) is 0 Å². The van der Waals surface area contributed by atoms with Gasteiger partial charge in [-0.25, -0.2) is 44.9 Å². The van der Waals surface area contributed by atoms with E-state index in [1.54, 1.807) is 0 Å². The second kappa shape index (κ2) is 35.7. The molecule has 0 saturated carbocycles. The first-order valence-corrected chi connectivity index (χ1v) is 47.6. The Hall–Kier alpha value is -19.3.